The van der Waals surface area contributed by atoms with Gasteiger partial charge in [-0.2, -0.15) is 0 Å². The fourth-order valence-corrected chi connectivity index (χ4v) is 0.665. The van der Waals surface area contributed by atoms with E-state index in [2.05, 4.69) is 9.47 Å². The lowest BCUT2D eigenvalue weighted by Gasteiger charge is -2.24. The minimum Gasteiger partial charge on any atom is -0.458 e. The van der Waals surface area contributed by atoms with Crippen molar-refractivity contribution in [2.75, 3.05) is 6.61 Å². The van der Waals surface area contributed by atoms with Gasteiger partial charge in [-0.25, -0.2) is 4.79 Å². The highest BCUT2D eigenvalue weighted by Crippen LogP contribution is 2.12. The van der Waals surface area contributed by atoms with Crippen LogP contribution < -0.4 is 0 Å². The van der Waals surface area contributed by atoms with E-state index >= 15 is 0 Å². The van der Waals surface area contributed by atoms with Gasteiger partial charge in [-0.05, 0) is 0 Å². The molecule has 1 fully saturated rings. The molecule has 0 aliphatic carbocycles. The van der Waals surface area contributed by atoms with E-state index in [-0.39, 0.29) is 18.7 Å². The number of carbonyl (C=O) groups excluding carboxylic acids is 2. The molecule has 1 aliphatic rings. The van der Waals surface area contributed by atoms with Gasteiger partial charge in [0.05, 0.1) is 6.42 Å². The SMILES string of the molecule is C#CC(=O)OCC1CC(=O)O1. The van der Waals surface area contributed by atoms with Crippen molar-refractivity contribution in [3.63, 3.8) is 0 Å². The zero-order valence-electron chi connectivity index (χ0n) is 5.70. The third-order valence-electron chi connectivity index (χ3n) is 1.21. The highest BCUT2D eigenvalue weighted by Gasteiger charge is 2.29. The minimum atomic E-state index is -0.729. The van der Waals surface area contributed by atoms with E-state index in [1.54, 1.807) is 5.92 Å². The second kappa shape index (κ2) is 3.06. The third kappa shape index (κ3) is 1.97. The molecule has 0 bridgehead atoms. The molecule has 0 aromatic rings. The molecule has 0 radical (unpaired) electrons. The summed E-state index contributed by atoms with van der Waals surface area (Å²) in [5.41, 5.74) is 0. The maximum Gasteiger partial charge on any atom is 0.384 e. The Morgan fingerprint density at radius 2 is 2.55 bits per heavy atom. The van der Waals surface area contributed by atoms with Gasteiger partial charge in [-0.1, -0.05) is 0 Å². The predicted molar refractivity (Wildman–Crippen MR) is 34.3 cm³/mol. The number of cyclic esters (lactones) is 1. The van der Waals surface area contributed by atoms with Crippen LogP contribution in [0, 0.1) is 12.3 Å². The first-order valence-corrected chi connectivity index (χ1v) is 3.05. The number of rotatable bonds is 2. The predicted octanol–water partition coefficient (Wildman–Crippen LogP) is -0.522. The number of terminal acetylenes is 1. The fourth-order valence-electron chi connectivity index (χ4n) is 0.665. The molecule has 0 N–H and O–H groups in total. The Bertz CT molecular complexity index is 217. The fraction of sp³-hybridized carbons (Fsp3) is 0.429. The molecule has 0 aromatic carbocycles. The second-order valence-electron chi connectivity index (χ2n) is 2.06. The summed E-state index contributed by atoms with van der Waals surface area (Å²) in [5.74, 6) is 0.778. The van der Waals surface area contributed by atoms with E-state index < -0.39 is 5.97 Å². The van der Waals surface area contributed by atoms with Crippen LogP contribution in [0.5, 0.6) is 0 Å². The first kappa shape index (κ1) is 7.61. The van der Waals surface area contributed by atoms with Crippen LogP contribution in [0.3, 0.4) is 0 Å². The zero-order valence-corrected chi connectivity index (χ0v) is 5.70. The summed E-state index contributed by atoms with van der Waals surface area (Å²) in [4.78, 5) is 20.6. The number of ether oxygens (including phenoxy) is 2. The number of hydrogen-bond acceptors (Lipinski definition) is 4. The maximum absolute atomic E-state index is 10.3. The number of carbonyl (C=O) groups is 2. The molecule has 0 aromatic heterocycles. The molecule has 58 valence electrons. The molecule has 4 nitrogen and oxygen atoms in total. The van der Waals surface area contributed by atoms with Crippen LogP contribution in [0.1, 0.15) is 6.42 Å². The lowest BCUT2D eigenvalue weighted by atomic mass is 10.2. The lowest BCUT2D eigenvalue weighted by Crippen LogP contribution is -2.36. The zero-order chi connectivity index (χ0) is 8.27. The highest BCUT2D eigenvalue weighted by atomic mass is 16.6. The number of hydrogen-bond donors (Lipinski definition) is 0. The van der Waals surface area contributed by atoms with Crippen LogP contribution >= 0.6 is 0 Å². The summed E-state index contributed by atoms with van der Waals surface area (Å²) in [7, 11) is 0. The Balaban J connectivity index is 2.10. The van der Waals surface area contributed by atoms with Gasteiger partial charge in [-0.15, -0.1) is 6.42 Å². The van der Waals surface area contributed by atoms with Gasteiger partial charge in [0, 0.05) is 5.92 Å². The topological polar surface area (TPSA) is 52.6 Å². The lowest BCUT2D eigenvalue weighted by molar-refractivity contribution is -0.177. The molecule has 1 saturated heterocycles. The Labute approximate surface area is 63.5 Å². The van der Waals surface area contributed by atoms with Crippen LogP contribution in [0.15, 0.2) is 0 Å². The van der Waals surface area contributed by atoms with E-state index in [4.69, 9.17) is 6.42 Å². The summed E-state index contributed by atoms with van der Waals surface area (Å²) in [6.45, 7) is 0.0643. The molecular weight excluding hydrogens is 148 g/mol. The normalized spacial score (nSPS) is 21.0. The van der Waals surface area contributed by atoms with Crippen molar-refractivity contribution < 1.29 is 19.1 Å². The first-order chi connectivity index (χ1) is 5.22. The molecule has 0 amide bonds. The standard InChI is InChI=1S/C7H6O4/c1-2-6(8)10-4-5-3-7(9)11-5/h1,5H,3-4H2. The van der Waals surface area contributed by atoms with E-state index in [0.717, 1.165) is 0 Å². The van der Waals surface area contributed by atoms with Crippen LogP contribution in [0.25, 0.3) is 0 Å². The van der Waals surface area contributed by atoms with Crippen LogP contribution in [0.2, 0.25) is 0 Å². The Morgan fingerprint density at radius 3 is 3.00 bits per heavy atom. The molecule has 1 aliphatic heterocycles. The molecule has 0 saturated carbocycles. The van der Waals surface area contributed by atoms with Crippen LogP contribution in [-0.2, 0) is 19.1 Å². The van der Waals surface area contributed by atoms with Crippen LogP contribution in [-0.4, -0.2) is 24.6 Å². The molecule has 1 atom stereocenters. The molecular formula is C7H6O4. The van der Waals surface area contributed by atoms with Gasteiger partial charge in [0.1, 0.15) is 12.7 Å². The van der Waals surface area contributed by atoms with Crippen LogP contribution in [0.4, 0.5) is 0 Å². The van der Waals surface area contributed by atoms with Gasteiger partial charge < -0.3 is 9.47 Å². The van der Waals surface area contributed by atoms with Gasteiger partial charge in [0.15, 0.2) is 0 Å². The van der Waals surface area contributed by atoms with Crippen molar-refractivity contribution in [1.29, 1.82) is 0 Å². The Kier molecular flexibility index (Phi) is 2.12. The molecule has 1 unspecified atom stereocenters. The van der Waals surface area contributed by atoms with Crippen molar-refractivity contribution in [2.24, 2.45) is 0 Å². The Morgan fingerprint density at radius 1 is 1.91 bits per heavy atom. The van der Waals surface area contributed by atoms with E-state index in [1.165, 1.54) is 0 Å². The molecule has 1 rings (SSSR count). The largest absolute Gasteiger partial charge is 0.458 e. The number of esters is 2. The highest BCUT2D eigenvalue weighted by molar-refractivity contribution is 5.87. The molecule has 0 spiro atoms. The van der Waals surface area contributed by atoms with E-state index in [1.807, 2.05) is 0 Å². The second-order valence-corrected chi connectivity index (χ2v) is 2.06. The smallest absolute Gasteiger partial charge is 0.384 e. The minimum absolute atomic E-state index is 0.0643. The van der Waals surface area contributed by atoms with Crippen molar-refractivity contribution >= 4 is 11.9 Å². The van der Waals surface area contributed by atoms with Gasteiger partial charge in [0.2, 0.25) is 0 Å². The van der Waals surface area contributed by atoms with Crippen molar-refractivity contribution in [2.45, 2.75) is 12.5 Å². The molecule has 11 heavy (non-hydrogen) atoms. The quantitative estimate of drug-likeness (QED) is 0.305. The van der Waals surface area contributed by atoms with Crippen molar-refractivity contribution in [3.8, 4) is 12.3 Å². The van der Waals surface area contributed by atoms with Crippen molar-refractivity contribution in [1.82, 2.24) is 0 Å². The summed E-state index contributed by atoms with van der Waals surface area (Å²) >= 11 is 0. The Hall–Kier alpha value is -1.50. The summed E-state index contributed by atoms with van der Waals surface area (Å²) in [6.07, 6.45) is 4.72. The molecule has 1 heterocycles. The van der Waals surface area contributed by atoms with E-state index in [9.17, 15) is 9.59 Å². The van der Waals surface area contributed by atoms with Gasteiger partial charge >= 0.3 is 11.9 Å². The summed E-state index contributed by atoms with van der Waals surface area (Å²) < 4.78 is 9.04. The molecule has 4 heteroatoms. The monoisotopic (exact) mass is 154 g/mol. The third-order valence-corrected chi connectivity index (χ3v) is 1.21. The maximum atomic E-state index is 10.3. The van der Waals surface area contributed by atoms with Gasteiger partial charge in [-0.3, -0.25) is 4.79 Å². The summed E-state index contributed by atoms with van der Waals surface area (Å²) in [5, 5.41) is 0. The van der Waals surface area contributed by atoms with Gasteiger partial charge in [0.25, 0.3) is 0 Å². The summed E-state index contributed by atoms with van der Waals surface area (Å²) in [6, 6.07) is 0. The van der Waals surface area contributed by atoms with E-state index in [0.29, 0.717) is 6.42 Å². The average molecular weight is 154 g/mol. The van der Waals surface area contributed by atoms with Crippen molar-refractivity contribution in [3.05, 3.63) is 0 Å². The first-order valence-electron chi connectivity index (χ1n) is 3.05. The average Bonchev–Trinajstić information content (AvgIpc) is 1.95.